The Kier molecular flexibility index (Phi) is 5.61. The Morgan fingerprint density at radius 1 is 1.15 bits per heavy atom. The molecule has 0 radical (unpaired) electrons. The van der Waals surface area contributed by atoms with E-state index in [1.807, 2.05) is 17.8 Å². The lowest BCUT2D eigenvalue weighted by Gasteiger charge is -2.39. The van der Waals surface area contributed by atoms with Crippen LogP contribution in [0.4, 0.5) is 16.0 Å². The van der Waals surface area contributed by atoms with Crippen molar-refractivity contribution in [1.29, 1.82) is 0 Å². The summed E-state index contributed by atoms with van der Waals surface area (Å²) in [6.07, 6.45) is 4.53. The number of aromatic nitrogens is 5. The molecular weight excluding hydrogens is 457 g/mol. The van der Waals surface area contributed by atoms with Crippen molar-refractivity contribution in [2.75, 3.05) is 29.9 Å². The molecule has 2 bridgehead atoms. The van der Waals surface area contributed by atoms with E-state index in [1.165, 1.54) is 25.0 Å². The Morgan fingerprint density at radius 3 is 2.74 bits per heavy atom. The molecule has 10 heteroatoms. The van der Waals surface area contributed by atoms with E-state index in [0.29, 0.717) is 53.4 Å². The highest BCUT2D eigenvalue weighted by Gasteiger charge is 2.43. The largest absolute Gasteiger partial charge is 0.369 e. The van der Waals surface area contributed by atoms with Gasteiger partial charge in [0.1, 0.15) is 11.9 Å². The van der Waals surface area contributed by atoms with Gasteiger partial charge in [-0.05, 0) is 67.9 Å². The van der Waals surface area contributed by atoms with Crippen LogP contribution in [0.15, 0.2) is 30.5 Å². The molecule has 178 valence electrons. The van der Waals surface area contributed by atoms with Gasteiger partial charge in [-0.15, -0.1) is 5.10 Å². The Labute approximate surface area is 202 Å². The number of hydrogen-bond donors (Lipinski definition) is 1. The Balaban J connectivity index is 1.22. The fourth-order valence-electron chi connectivity index (χ4n) is 5.69. The average Bonchev–Trinajstić information content (AvgIpc) is 3.20. The molecule has 1 aromatic carbocycles. The van der Waals surface area contributed by atoms with E-state index in [0.717, 1.165) is 30.9 Å². The zero-order valence-electron chi connectivity index (χ0n) is 19.0. The predicted molar refractivity (Wildman–Crippen MR) is 126 cm³/mol. The van der Waals surface area contributed by atoms with Gasteiger partial charge in [0.15, 0.2) is 5.82 Å². The van der Waals surface area contributed by atoms with E-state index in [1.54, 1.807) is 6.07 Å². The lowest BCUT2D eigenvalue weighted by molar-refractivity contribution is 0.0810. The Morgan fingerprint density at radius 2 is 1.97 bits per heavy atom. The molecule has 1 N–H and O–H groups in total. The number of benzene rings is 1. The Bertz CT molecular complexity index is 1170. The number of nitrogens with one attached hydrogen (secondary N) is 1. The molecule has 1 saturated carbocycles. The van der Waals surface area contributed by atoms with Crippen LogP contribution in [0, 0.1) is 24.6 Å². The van der Waals surface area contributed by atoms with Crippen LogP contribution in [-0.2, 0) is 11.3 Å². The highest BCUT2D eigenvalue weighted by molar-refractivity contribution is 6.30. The van der Waals surface area contributed by atoms with Crippen LogP contribution in [0.2, 0.25) is 5.02 Å². The summed E-state index contributed by atoms with van der Waals surface area (Å²) < 4.78 is 22.0. The quantitative estimate of drug-likeness (QED) is 0.600. The zero-order chi connectivity index (χ0) is 23.2. The molecule has 3 aromatic rings. The number of halogens is 2. The van der Waals surface area contributed by atoms with E-state index in [9.17, 15) is 4.39 Å². The van der Waals surface area contributed by atoms with Gasteiger partial charge >= 0.3 is 0 Å². The molecule has 1 saturated heterocycles. The Hall–Kier alpha value is -2.78. The summed E-state index contributed by atoms with van der Waals surface area (Å²) >= 11 is 6.11. The van der Waals surface area contributed by atoms with Gasteiger partial charge in [0.25, 0.3) is 0 Å². The van der Waals surface area contributed by atoms with Crippen LogP contribution in [0.1, 0.15) is 42.4 Å². The molecule has 0 spiro atoms. The van der Waals surface area contributed by atoms with Gasteiger partial charge in [-0.2, -0.15) is 15.2 Å². The van der Waals surface area contributed by atoms with Crippen LogP contribution < -0.4 is 10.2 Å². The van der Waals surface area contributed by atoms with Crippen molar-refractivity contribution in [2.24, 2.45) is 11.8 Å². The topological polar surface area (TPSA) is 81.0 Å². The third-order valence-corrected chi connectivity index (χ3v) is 7.40. The van der Waals surface area contributed by atoms with Crippen molar-refractivity contribution in [3.05, 3.63) is 58.4 Å². The second-order valence-corrected chi connectivity index (χ2v) is 9.99. The summed E-state index contributed by atoms with van der Waals surface area (Å²) in [5.41, 5.74) is 2.73. The number of fused-ring (bicyclic) bond motifs is 3. The summed E-state index contributed by atoms with van der Waals surface area (Å²) in [5, 5.41) is 17.0. The third kappa shape index (κ3) is 4.11. The van der Waals surface area contributed by atoms with E-state index >= 15 is 0 Å². The van der Waals surface area contributed by atoms with Crippen molar-refractivity contribution in [3.63, 3.8) is 0 Å². The van der Waals surface area contributed by atoms with Gasteiger partial charge < -0.3 is 15.0 Å². The number of aryl methyl sites for hydroxylation is 2. The summed E-state index contributed by atoms with van der Waals surface area (Å²) in [6.45, 7) is 5.19. The third-order valence-electron chi connectivity index (χ3n) is 7.18. The van der Waals surface area contributed by atoms with E-state index in [4.69, 9.17) is 26.4 Å². The maximum absolute atomic E-state index is 14.0. The number of anilines is 2. The minimum atomic E-state index is -0.500. The number of hydrogen-bond acceptors (Lipinski definition) is 7. The summed E-state index contributed by atoms with van der Waals surface area (Å²) in [5.74, 6) is 1.92. The van der Waals surface area contributed by atoms with Crippen LogP contribution in [0.5, 0.6) is 0 Å². The highest BCUT2D eigenvalue weighted by Crippen LogP contribution is 2.40. The normalized spacial score (nSPS) is 26.3. The first-order valence-corrected chi connectivity index (χ1v) is 12.2. The van der Waals surface area contributed by atoms with Crippen LogP contribution in [0.25, 0.3) is 0 Å². The van der Waals surface area contributed by atoms with Crippen molar-refractivity contribution < 1.29 is 9.13 Å². The lowest BCUT2D eigenvalue weighted by Crippen LogP contribution is -2.48. The molecule has 2 aliphatic heterocycles. The molecular formula is C24H27ClFN7O. The molecule has 2 fully saturated rings. The van der Waals surface area contributed by atoms with Crippen molar-refractivity contribution in [1.82, 2.24) is 25.0 Å². The minimum Gasteiger partial charge on any atom is -0.369 e. The zero-order valence-corrected chi connectivity index (χ0v) is 19.7. The fourth-order valence-corrected chi connectivity index (χ4v) is 5.92. The summed E-state index contributed by atoms with van der Waals surface area (Å²) in [7, 11) is 0. The molecule has 2 aromatic heterocycles. The fraction of sp³-hybridized carbons (Fsp3) is 0.500. The first-order valence-electron chi connectivity index (χ1n) is 11.9. The predicted octanol–water partition coefficient (Wildman–Crippen LogP) is 4.01. The van der Waals surface area contributed by atoms with E-state index in [2.05, 4.69) is 26.5 Å². The first-order chi connectivity index (χ1) is 16.5. The number of nitrogens with zero attached hydrogens (tertiary/aromatic N) is 6. The maximum Gasteiger partial charge on any atom is 0.242 e. The molecule has 3 aliphatic rings. The van der Waals surface area contributed by atoms with Crippen LogP contribution in [-0.4, -0.2) is 50.7 Å². The molecule has 34 heavy (non-hydrogen) atoms. The molecule has 1 aliphatic carbocycles. The van der Waals surface area contributed by atoms with Crippen LogP contribution in [0.3, 0.4) is 0 Å². The first kappa shape index (κ1) is 21.7. The monoisotopic (exact) mass is 483 g/mol. The van der Waals surface area contributed by atoms with Gasteiger partial charge in [0, 0.05) is 37.3 Å². The second kappa shape index (κ2) is 8.78. The minimum absolute atomic E-state index is 0.321. The molecule has 8 nitrogen and oxygen atoms in total. The number of piperidine rings is 1. The lowest BCUT2D eigenvalue weighted by atomic mass is 9.92. The van der Waals surface area contributed by atoms with E-state index in [-0.39, 0.29) is 5.82 Å². The van der Waals surface area contributed by atoms with Crippen molar-refractivity contribution in [2.45, 2.75) is 44.9 Å². The summed E-state index contributed by atoms with van der Waals surface area (Å²) in [4.78, 5) is 7.25. The summed E-state index contributed by atoms with van der Waals surface area (Å²) in [6, 6.07) is 6.91. The SMILES string of the molecule is Cc1cc(N2C[C@H]3CC[C@@H](C2)C3Nc2nc3n(n2)CCCO[C@H]3c2cc(F)cc(Cl)c2)cnn1. The van der Waals surface area contributed by atoms with Gasteiger partial charge in [-0.3, -0.25) is 0 Å². The highest BCUT2D eigenvalue weighted by atomic mass is 35.5. The smallest absolute Gasteiger partial charge is 0.242 e. The van der Waals surface area contributed by atoms with Crippen molar-refractivity contribution in [3.8, 4) is 0 Å². The van der Waals surface area contributed by atoms with Gasteiger partial charge in [0.05, 0.1) is 17.6 Å². The molecule has 4 atom stereocenters. The molecule has 0 amide bonds. The van der Waals surface area contributed by atoms with Crippen molar-refractivity contribution >= 4 is 23.2 Å². The molecule has 6 rings (SSSR count). The van der Waals surface area contributed by atoms with Crippen LogP contribution >= 0.6 is 11.6 Å². The average molecular weight is 484 g/mol. The van der Waals surface area contributed by atoms with E-state index < -0.39 is 6.10 Å². The second-order valence-electron chi connectivity index (χ2n) is 9.55. The number of ether oxygens (including phenoxy) is 1. The molecule has 1 unspecified atom stereocenters. The van der Waals surface area contributed by atoms with Gasteiger partial charge in [-0.1, -0.05) is 11.6 Å². The van der Waals surface area contributed by atoms with Gasteiger partial charge in [-0.25, -0.2) is 9.07 Å². The standard InChI is InChI=1S/C24H27ClFN7O/c1-14-7-20(11-27-30-14)32-12-15-3-4-16(13-32)21(15)28-24-29-23-22(34-6-2-5-33(23)31-24)17-8-18(25)10-19(26)9-17/h7-11,15-16,21-22H,2-6,12-13H2,1H3,(H,28,31)/t15-,16+,21?,22-/m0/s1. The number of rotatable bonds is 4. The van der Waals surface area contributed by atoms with Gasteiger partial charge in [0.2, 0.25) is 5.95 Å². The molecule has 4 heterocycles. The maximum atomic E-state index is 14.0.